The molecule has 3 nitrogen and oxygen atoms in total. The topological polar surface area (TPSA) is 37.8 Å². The third-order valence-corrected chi connectivity index (χ3v) is 4.83. The predicted octanol–water partition coefficient (Wildman–Crippen LogP) is 4.08. The molecule has 0 radical (unpaired) electrons. The molecule has 0 aromatic carbocycles. The predicted molar refractivity (Wildman–Crippen MR) is 79.7 cm³/mol. The number of hydrogen-bond acceptors (Lipinski definition) is 5. The van der Waals surface area contributed by atoms with Gasteiger partial charge in [0.2, 0.25) is 0 Å². The highest BCUT2D eigenvalue weighted by molar-refractivity contribution is 7.18. The molecule has 92 valence electrons. The van der Waals surface area contributed by atoms with Crippen molar-refractivity contribution in [3.63, 3.8) is 0 Å². The molecule has 0 fully saturated rings. The third-order valence-electron chi connectivity index (χ3n) is 3.04. The van der Waals surface area contributed by atoms with Crippen LogP contribution in [0.25, 0.3) is 21.6 Å². The molecule has 18 heavy (non-hydrogen) atoms. The number of hydrogen-bond donors (Lipinski definition) is 1. The first-order valence-electron chi connectivity index (χ1n) is 5.68. The first-order valence-corrected chi connectivity index (χ1v) is 7.44. The van der Waals surface area contributed by atoms with Crippen LogP contribution in [0.3, 0.4) is 0 Å². The Balaban J connectivity index is 2.32. The summed E-state index contributed by atoms with van der Waals surface area (Å²) in [6.45, 7) is 4.26. The van der Waals surface area contributed by atoms with Crippen LogP contribution in [-0.2, 0) is 0 Å². The number of anilines is 1. The van der Waals surface area contributed by atoms with Gasteiger partial charge in [0, 0.05) is 22.9 Å². The molecule has 0 spiro atoms. The van der Waals surface area contributed by atoms with Crippen LogP contribution < -0.4 is 5.32 Å². The van der Waals surface area contributed by atoms with Crippen molar-refractivity contribution in [3.8, 4) is 11.4 Å². The van der Waals surface area contributed by atoms with Gasteiger partial charge in [-0.2, -0.15) is 11.3 Å². The van der Waals surface area contributed by atoms with Crippen molar-refractivity contribution in [2.45, 2.75) is 13.8 Å². The third kappa shape index (κ3) is 1.71. The van der Waals surface area contributed by atoms with Crippen molar-refractivity contribution in [1.82, 2.24) is 9.97 Å². The van der Waals surface area contributed by atoms with Crippen LogP contribution in [0.5, 0.6) is 0 Å². The minimum absolute atomic E-state index is 0.800. The number of aromatic nitrogens is 2. The molecule has 0 aliphatic rings. The monoisotopic (exact) mass is 275 g/mol. The molecule has 3 rings (SSSR count). The maximum atomic E-state index is 4.68. The van der Waals surface area contributed by atoms with Gasteiger partial charge in [-0.1, -0.05) is 0 Å². The lowest BCUT2D eigenvalue weighted by atomic mass is 10.2. The fraction of sp³-hybridized carbons (Fsp3) is 0.231. The Hall–Kier alpha value is -1.46. The molecular formula is C13H13N3S2. The lowest BCUT2D eigenvalue weighted by molar-refractivity contribution is 1.22. The van der Waals surface area contributed by atoms with Crippen molar-refractivity contribution in [3.05, 3.63) is 27.3 Å². The summed E-state index contributed by atoms with van der Waals surface area (Å²) in [5.41, 5.74) is 2.36. The summed E-state index contributed by atoms with van der Waals surface area (Å²) >= 11 is 3.40. The highest BCUT2D eigenvalue weighted by Crippen LogP contribution is 2.34. The molecule has 0 bridgehead atoms. The maximum Gasteiger partial charge on any atom is 0.163 e. The number of nitrogens with one attached hydrogen (secondary N) is 1. The summed E-state index contributed by atoms with van der Waals surface area (Å²) in [6, 6.07) is 2.05. The van der Waals surface area contributed by atoms with E-state index in [2.05, 4.69) is 40.6 Å². The Morgan fingerprint density at radius 1 is 1.22 bits per heavy atom. The van der Waals surface area contributed by atoms with Crippen LogP contribution in [0, 0.1) is 13.8 Å². The normalized spacial score (nSPS) is 11.1. The zero-order valence-electron chi connectivity index (χ0n) is 10.4. The summed E-state index contributed by atoms with van der Waals surface area (Å²) in [7, 11) is 1.91. The van der Waals surface area contributed by atoms with E-state index in [0.29, 0.717) is 0 Å². The molecule has 0 atom stereocenters. The standard InChI is InChI=1S/C13H13N3S2/c1-7-8(2)18-13-10(7)12(14-3)15-11(16-13)9-4-5-17-6-9/h4-6H,1-3H3,(H,14,15,16). The first kappa shape index (κ1) is 11.6. The van der Waals surface area contributed by atoms with Crippen LogP contribution in [0.15, 0.2) is 16.8 Å². The minimum Gasteiger partial charge on any atom is -0.372 e. The molecule has 0 aliphatic carbocycles. The molecule has 3 heterocycles. The Bertz CT molecular complexity index is 699. The minimum atomic E-state index is 0.800. The van der Waals surface area contributed by atoms with E-state index >= 15 is 0 Å². The Kier molecular flexibility index (Phi) is 2.80. The molecule has 0 saturated heterocycles. The van der Waals surface area contributed by atoms with Crippen LogP contribution in [-0.4, -0.2) is 17.0 Å². The van der Waals surface area contributed by atoms with Gasteiger partial charge in [0.25, 0.3) is 0 Å². The van der Waals surface area contributed by atoms with Crippen LogP contribution >= 0.6 is 22.7 Å². The lowest BCUT2D eigenvalue weighted by Crippen LogP contribution is -1.97. The van der Waals surface area contributed by atoms with E-state index in [-0.39, 0.29) is 0 Å². The number of aryl methyl sites for hydroxylation is 2. The van der Waals surface area contributed by atoms with Gasteiger partial charge in [0.05, 0.1) is 5.39 Å². The van der Waals surface area contributed by atoms with Gasteiger partial charge in [-0.05, 0) is 30.9 Å². The molecule has 1 N–H and O–H groups in total. The molecule has 0 aliphatic heterocycles. The maximum absolute atomic E-state index is 4.68. The van der Waals surface area contributed by atoms with Gasteiger partial charge in [-0.3, -0.25) is 0 Å². The van der Waals surface area contributed by atoms with Crippen molar-refractivity contribution >= 4 is 38.7 Å². The second-order valence-corrected chi connectivity index (χ2v) is 6.10. The number of thiophene rings is 2. The second kappa shape index (κ2) is 4.33. The average molecular weight is 275 g/mol. The van der Waals surface area contributed by atoms with Gasteiger partial charge in [0.1, 0.15) is 10.6 Å². The summed E-state index contributed by atoms with van der Waals surface area (Å²) in [4.78, 5) is 11.7. The van der Waals surface area contributed by atoms with E-state index in [9.17, 15) is 0 Å². The highest BCUT2D eigenvalue weighted by Gasteiger charge is 2.14. The van der Waals surface area contributed by atoms with E-state index in [4.69, 9.17) is 0 Å². The molecule has 3 aromatic rings. The first-order chi connectivity index (χ1) is 8.70. The van der Waals surface area contributed by atoms with Crippen molar-refractivity contribution in [2.24, 2.45) is 0 Å². The lowest BCUT2D eigenvalue weighted by Gasteiger charge is -2.05. The number of fused-ring (bicyclic) bond motifs is 1. The molecule has 5 heteroatoms. The van der Waals surface area contributed by atoms with Crippen molar-refractivity contribution in [1.29, 1.82) is 0 Å². The Morgan fingerprint density at radius 2 is 2.06 bits per heavy atom. The second-order valence-electron chi connectivity index (χ2n) is 4.12. The van der Waals surface area contributed by atoms with E-state index in [0.717, 1.165) is 27.4 Å². The zero-order chi connectivity index (χ0) is 12.7. The van der Waals surface area contributed by atoms with Gasteiger partial charge in [0.15, 0.2) is 5.82 Å². The molecular weight excluding hydrogens is 262 g/mol. The fourth-order valence-electron chi connectivity index (χ4n) is 1.95. The van der Waals surface area contributed by atoms with Gasteiger partial charge in [-0.15, -0.1) is 11.3 Å². The molecule has 0 saturated carbocycles. The molecule has 0 amide bonds. The van der Waals surface area contributed by atoms with E-state index in [1.165, 1.54) is 10.4 Å². The summed E-state index contributed by atoms with van der Waals surface area (Å²) in [5.74, 6) is 1.72. The zero-order valence-corrected chi connectivity index (χ0v) is 12.1. The average Bonchev–Trinajstić information content (AvgIpc) is 2.98. The number of nitrogens with zero attached hydrogens (tertiary/aromatic N) is 2. The molecule has 0 unspecified atom stereocenters. The SMILES string of the molecule is CNc1nc(-c2ccsc2)nc2sc(C)c(C)c12. The van der Waals surface area contributed by atoms with Gasteiger partial charge in [-0.25, -0.2) is 9.97 Å². The van der Waals surface area contributed by atoms with Crippen LogP contribution in [0.2, 0.25) is 0 Å². The van der Waals surface area contributed by atoms with Crippen LogP contribution in [0.1, 0.15) is 10.4 Å². The van der Waals surface area contributed by atoms with Gasteiger partial charge < -0.3 is 5.32 Å². The quantitative estimate of drug-likeness (QED) is 0.766. The smallest absolute Gasteiger partial charge is 0.163 e. The summed E-state index contributed by atoms with van der Waals surface area (Å²) in [6.07, 6.45) is 0. The van der Waals surface area contributed by atoms with Gasteiger partial charge >= 0.3 is 0 Å². The Labute approximate surface area is 114 Å². The summed E-state index contributed by atoms with van der Waals surface area (Å²) < 4.78 is 0. The summed E-state index contributed by atoms with van der Waals surface area (Å²) in [5, 5.41) is 8.46. The highest BCUT2D eigenvalue weighted by atomic mass is 32.1. The van der Waals surface area contributed by atoms with E-state index in [1.54, 1.807) is 22.7 Å². The molecule has 3 aromatic heterocycles. The number of rotatable bonds is 2. The largest absolute Gasteiger partial charge is 0.372 e. The van der Waals surface area contributed by atoms with E-state index < -0.39 is 0 Å². The Morgan fingerprint density at radius 3 is 2.72 bits per heavy atom. The fourth-order valence-corrected chi connectivity index (χ4v) is 3.61. The van der Waals surface area contributed by atoms with Crippen molar-refractivity contribution < 1.29 is 0 Å². The van der Waals surface area contributed by atoms with Crippen molar-refractivity contribution in [2.75, 3.05) is 12.4 Å². The van der Waals surface area contributed by atoms with Crippen LogP contribution in [0.4, 0.5) is 5.82 Å². The van der Waals surface area contributed by atoms with E-state index in [1.807, 2.05) is 12.4 Å².